The van der Waals surface area contributed by atoms with E-state index in [1.165, 1.54) is 0 Å². The Morgan fingerprint density at radius 2 is 2.40 bits per heavy atom. The van der Waals surface area contributed by atoms with E-state index in [9.17, 15) is 4.79 Å². The molecule has 0 heterocycles. The number of carbonyl (C=O) groups is 1. The molecule has 1 aliphatic rings. The van der Waals surface area contributed by atoms with Gasteiger partial charge in [-0.2, -0.15) is 12.6 Å². The highest BCUT2D eigenvalue weighted by atomic mass is 32.1. The van der Waals surface area contributed by atoms with Crippen LogP contribution in [0.2, 0.25) is 0 Å². The first-order valence-corrected chi connectivity index (χ1v) is 4.07. The fourth-order valence-corrected chi connectivity index (χ4v) is 0.810. The predicted octanol–water partition coefficient (Wildman–Crippen LogP) is 1.40. The zero-order valence-electron chi connectivity index (χ0n) is 6.04. The summed E-state index contributed by atoms with van der Waals surface area (Å²) >= 11 is 4.08. The molecular formula is C7H12O2S. The lowest BCUT2D eigenvalue weighted by Gasteiger charge is -2.03. The van der Waals surface area contributed by atoms with Crippen LogP contribution < -0.4 is 0 Å². The van der Waals surface area contributed by atoms with Gasteiger partial charge in [0.25, 0.3) is 0 Å². The molecule has 0 spiro atoms. The molecular weight excluding hydrogens is 148 g/mol. The van der Waals surface area contributed by atoms with Crippen molar-refractivity contribution in [2.24, 2.45) is 0 Å². The summed E-state index contributed by atoms with van der Waals surface area (Å²) in [7, 11) is 0. The summed E-state index contributed by atoms with van der Waals surface area (Å²) in [6.45, 7) is 1.89. The van der Waals surface area contributed by atoms with Crippen molar-refractivity contribution in [2.75, 3.05) is 0 Å². The van der Waals surface area contributed by atoms with E-state index >= 15 is 0 Å². The Balaban J connectivity index is 2.08. The largest absolute Gasteiger partial charge is 0.462 e. The van der Waals surface area contributed by atoms with Crippen LogP contribution in [0.4, 0.5) is 0 Å². The van der Waals surface area contributed by atoms with Crippen molar-refractivity contribution >= 4 is 18.6 Å². The summed E-state index contributed by atoms with van der Waals surface area (Å²) < 4.78 is 4.98. The highest BCUT2D eigenvalue weighted by Crippen LogP contribution is 2.24. The lowest BCUT2D eigenvalue weighted by molar-refractivity contribution is -0.144. The molecule has 1 fully saturated rings. The number of thiol groups is 1. The smallest absolute Gasteiger partial charge is 0.307 e. The lowest BCUT2D eigenvalue weighted by atomic mass is 10.3. The van der Waals surface area contributed by atoms with Gasteiger partial charge in [0.15, 0.2) is 0 Å². The van der Waals surface area contributed by atoms with E-state index in [-0.39, 0.29) is 17.3 Å². The van der Waals surface area contributed by atoms with Crippen LogP contribution in [0.15, 0.2) is 0 Å². The van der Waals surface area contributed by atoms with Crippen LogP contribution in [0, 0.1) is 0 Å². The number of ether oxygens (including phenoxy) is 1. The summed E-state index contributed by atoms with van der Waals surface area (Å²) in [6.07, 6.45) is 2.76. The molecule has 0 aromatic rings. The van der Waals surface area contributed by atoms with Gasteiger partial charge in [-0.05, 0) is 12.8 Å². The molecule has 0 N–H and O–H groups in total. The maximum atomic E-state index is 10.8. The quantitative estimate of drug-likeness (QED) is 0.499. The summed E-state index contributed by atoms with van der Waals surface area (Å²) in [6, 6.07) is 0. The molecule has 1 unspecified atom stereocenters. The van der Waals surface area contributed by atoms with Crippen molar-refractivity contribution in [2.45, 2.75) is 37.5 Å². The normalized spacial score (nSPS) is 20.2. The van der Waals surface area contributed by atoms with Gasteiger partial charge in [0.2, 0.25) is 0 Å². The van der Waals surface area contributed by atoms with Crippen molar-refractivity contribution in [3.05, 3.63) is 0 Å². The summed E-state index contributed by atoms with van der Waals surface area (Å²) in [5.74, 6) is -0.106. The third-order valence-electron chi connectivity index (χ3n) is 1.28. The molecule has 2 nitrogen and oxygen atoms in total. The Kier molecular flexibility index (Phi) is 2.60. The van der Waals surface area contributed by atoms with Gasteiger partial charge in [-0.3, -0.25) is 4.79 Å². The predicted molar refractivity (Wildman–Crippen MR) is 42.2 cm³/mol. The molecule has 0 aliphatic heterocycles. The van der Waals surface area contributed by atoms with E-state index in [2.05, 4.69) is 12.6 Å². The molecule has 0 bridgehead atoms. The van der Waals surface area contributed by atoms with Gasteiger partial charge in [0.05, 0.1) is 6.42 Å². The number of hydrogen-bond acceptors (Lipinski definition) is 3. The highest BCUT2D eigenvalue weighted by Gasteiger charge is 2.25. The van der Waals surface area contributed by atoms with Crippen molar-refractivity contribution in [1.29, 1.82) is 0 Å². The second-order valence-corrected chi connectivity index (χ2v) is 3.62. The Morgan fingerprint density at radius 3 is 2.80 bits per heavy atom. The maximum absolute atomic E-state index is 10.8. The van der Waals surface area contributed by atoms with Crippen LogP contribution in [0.5, 0.6) is 0 Å². The van der Waals surface area contributed by atoms with Crippen molar-refractivity contribution in [3.8, 4) is 0 Å². The zero-order valence-corrected chi connectivity index (χ0v) is 6.93. The van der Waals surface area contributed by atoms with Gasteiger partial charge in [-0.25, -0.2) is 0 Å². The second-order valence-electron chi connectivity index (χ2n) is 2.74. The van der Waals surface area contributed by atoms with E-state index < -0.39 is 0 Å². The van der Waals surface area contributed by atoms with Crippen LogP contribution >= 0.6 is 12.6 Å². The fraction of sp³-hybridized carbons (Fsp3) is 0.857. The molecule has 0 saturated heterocycles. The monoisotopic (exact) mass is 160 g/mol. The Bertz CT molecular complexity index is 124. The minimum Gasteiger partial charge on any atom is -0.462 e. The van der Waals surface area contributed by atoms with E-state index in [1.54, 1.807) is 0 Å². The summed E-state index contributed by atoms with van der Waals surface area (Å²) in [4.78, 5) is 10.8. The topological polar surface area (TPSA) is 26.3 Å². The molecule has 1 aliphatic carbocycles. The van der Waals surface area contributed by atoms with Crippen LogP contribution in [0.1, 0.15) is 26.2 Å². The Hall–Kier alpha value is -0.180. The number of rotatable bonds is 3. The average Bonchev–Trinajstić information content (AvgIpc) is 2.46. The molecule has 10 heavy (non-hydrogen) atoms. The van der Waals surface area contributed by atoms with Crippen molar-refractivity contribution < 1.29 is 9.53 Å². The fourth-order valence-electron chi connectivity index (χ4n) is 0.661. The average molecular weight is 160 g/mol. The molecule has 1 atom stereocenters. The lowest BCUT2D eigenvalue weighted by Crippen LogP contribution is -2.10. The standard InChI is InChI=1S/C7H12O2S/c1-5(10)4-7(8)9-6-2-3-6/h5-6,10H,2-4H2,1H3. The van der Waals surface area contributed by atoms with Gasteiger partial charge < -0.3 is 4.74 Å². The van der Waals surface area contributed by atoms with E-state index in [4.69, 9.17) is 4.74 Å². The molecule has 0 aromatic carbocycles. The first kappa shape index (κ1) is 7.92. The highest BCUT2D eigenvalue weighted by molar-refractivity contribution is 7.80. The molecule has 0 amide bonds. The second kappa shape index (κ2) is 3.28. The minimum absolute atomic E-state index is 0.106. The van der Waals surface area contributed by atoms with Gasteiger partial charge >= 0.3 is 5.97 Å². The van der Waals surface area contributed by atoms with E-state index in [0.29, 0.717) is 6.42 Å². The van der Waals surface area contributed by atoms with Gasteiger partial charge in [0.1, 0.15) is 6.10 Å². The van der Waals surface area contributed by atoms with Crippen LogP contribution in [-0.4, -0.2) is 17.3 Å². The van der Waals surface area contributed by atoms with E-state index in [1.807, 2.05) is 6.92 Å². The Labute approximate surface area is 66.4 Å². The van der Waals surface area contributed by atoms with Crippen LogP contribution in [0.25, 0.3) is 0 Å². The SMILES string of the molecule is CC(S)CC(=O)OC1CC1. The third kappa shape index (κ3) is 3.11. The molecule has 3 heteroatoms. The van der Waals surface area contributed by atoms with Crippen molar-refractivity contribution in [3.63, 3.8) is 0 Å². The van der Waals surface area contributed by atoms with Gasteiger partial charge in [0, 0.05) is 5.25 Å². The maximum Gasteiger partial charge on any atom is 0.307 e. The summed E-state index contributed by atoms with van der Waals surface area (Å²) in [5.41, 5.74) is 0. The van der Waals surface area contributed by atoms with Gasteiger partial charge in [-0.15, -0.1) is 0 Å². The first-order chi connectivity index (χ1) is 4.68. The van der Waals surface area contributed by atoms with Crippen LogP contribution in [-0.2, 0) is 9.53 Å². The number of hydrogen-bond donors (Lipinski definition) is 1. The molecule has 0 aromatic heterocycles. The van der Waals surface area contributed by atoms with Crippen LogP contribution in [0.3, 0.4) is 0 Å². The minimum atomic E-state index is -0.106. The number of carbonyl (C=O) groups excluding carboxylic acids is 1. The molecule has 58 valence electrons. The zero-order chi connectivity index (χ0) is 7.56. The van der Waals surface area contributed by atoms with Crippen molar-refractivity contribution in [1.82, 2.24) is 0 Å². The first-order valence-electron chi connectivity index (χ1n) is 3.56. The summed E-state index contributed by atoms with van der Waals surface area (Å²) in [5, 5.41) is 0.117. The van der Waals surface area contributed by atoms with E-state index in [0.717, 1.165) is 12.8 Å². The third-order valence-corrected chi connectivity index (χ3v) is 1.47. The molecule has 1 rings (SSSR count). The molecule has 0 radical (unpaired) electrons. The van der Waals surface area contributed by atoms with Gasteiger partial charge in [-0.1, -0.05) is 6.92 Å². The molecule has 1 saturated carbocycles. The Morgan fingerprint density at radius 1 is 1.80 bits per heavy atom. The number of esters is 1.